The molecule has 0 amide bonds. The molecule has 1 aromatic heterocycles. The monoisotopic (exact) mass is 271 g/mol. The highest BCUT2D eigenvalue weighted by atomic mass is 35.5. The number of hydrogen-bond acceptors (Lipinski definition) is 2. The van der Waals surface area contributed by atoms with Crippen molar-refractivity contribution in [3.05, 3.63) is 51.9 Å². The van der Waals surface area contributed by atoms with Crippen molar-refractivity contribution in [2.45, 2.75) is 6.61 Å². The van der Waals surface area contributed by atoms with Crippen LogP contribution in [0.15, 0.2) is 30.3 Å². The van der Waals surface area contributed by atoms with Gasteiger partial charge in [0.15, 0.2) is 0 Å². The topological polar surface area (TPSA) is 33.1 Å². The lowest BCUT2D eigenvalue weighted by Gasteiger charge is -2.06. The van der Waals surface area contributed by atoms with Crippen LogP contribution < -0.4 is 0 Å². The Hall–Kier alpha value is -1.16. The molecule has 0 radical (unpaired) electrons. The maximum absolute atomic E-state index is 13.2. The molecule has 0 spiro atoms. The van der Waals surface area contributed by atoms with E-state index in [1.807, 2.05) is 0 Å². The molecule has 0 aliphatic rings. The van der Waals surface area contributed by atoms with E-state index in [0.29, 0.717) is 26.9 Å². The van der Waals surface area contributed by atoms with Gasteiger partial charge in [-0.2, -0.15) is 4.39 Å². The highest BCUT2D eigenvalue weighted by molar-refractivity contribution is 6.36. The minimum absolute atomic E-state index is 0.252. The molecule has 0 atom stereocenters. The summed E-state index contributed by atoms with van der Waals surface area (Å²) in [4.78, 5) is 3.74. The number of aliphatic hydroxyl groups is 1. The molecular formula is C12H8Cl2FNO. The van der Waals surface area contributed by atoms with E-state index in [0.717, 1.165) is 0 Å². The predicted octanol–water partition coefficient (Wildman–Crippen LogP) is 3.69. The molecule has 1 heterocycles. The van der Waals surface area contributed by atoms with Crippen molar-refractivity contribution in [2.24, 2.45) is 0 Å². The SMILES string of the molecule is OCc1cc(F)nc(-c2ccc(Cl)cc2Cl)c1. The molecule has 2 nitrogen and oxygen atoms in total. The Bertz CT molecular complexity index is 560. The summed E-state index contributed by atoms with van der Waals surface area (Å²) in [5.41, 5.74) is 1.39. The first-order chi connectivity index (χ1) is 8.10. The molecule has 2 aromatic rings. The van der Waals surface area contributed by atoms with Gasteiger partial charge in [0.1, 0.15) is 0 Å². The van der Waals surface area contributed by atoms with Crippen LogP contribution in [0.3, 0.4) is 0 Å². The van der Waals surface area contributed by atoms with Crippen LogP contribution in [0.25, 0.3) is 11.3 Å². The Morgan fingerprint density at radius 2 is 1.94 bits per heavy atom. The molecule has 1 N–H and O–H groups in total. The van der Waals surface area contributed by atoms with Gasteiger partial charge in [-0.05, 0) is 35.9 Å². The van der Waals surface area contributed by atoms with Crippen molar-refractivity contribution in [2.75, 3.05) is 0 Å². The van der Waals surface area contributed by atoms with Crippen LogP contribution in [0.2, 0.25) is 10.0 Å². The van der Waals surface area contributed by atoms with E-state index in [-0.39, 0.29) is 6.61 Å². The molecule has 5 heteroatoms. The third-order valence-corrected chi connectivity index (χ3v) is 2.79. The van der Waals surface area contributed by atoms with Crippen molar-refractivity contribution in [3.63, 3.8) is 0 Å². The van der Waals surface area contributed by atoms with Crippen molar-refractivity contribution in [1.29, 1.82) is 0 Å². The van der Waals surface area contributed by atoms with Crippen molar-refractivity contribution in [1.82, 2.24) is 4.98 Å². The average Bonchev–Trinajstić information content (AvgIpc) is 2.28. The number of hydrogen-bond donors (Lipinski definition) is 1. The lowest BCUT2D eigenvalue weighted by molar-refractivity contribution is 0.281. The number of pyridine rings is 1. The molecule has 0 bridgehead atoms. The Kier molecular flexibility index (Phi) is 3.62. The van der Waals surface area contributed by atoms with Gasteiger partial charge in [-0.25, -0.2) is 4.98 Å². The Morgan fingerprint density at radius 3 is 2.59 bits per heavy atom. The van der Waals surface area contributed by atoms with Gasteiger partial charge in [0.25, 0.3) is 0 Å². The van der Waals surface area contributed by atoms with Gasteiger partial charge in [-0.1, -0.05) is 23.2 Å². The van der Waals surface area contributed by atoms with Gasteiger partial charge >= 0.3 is 0 Å². The van der Waals surface area contributed by atoms with Crippen LogP contribution in [0.4, 0.5) is 4.39 Å². The smallest absolute Gasteiger partial charge is 0.213 e. The first-order valence-corrected chi connectivity index (χ1v) is 5.58. The molecule has 0 aliphatic carbocycles. The van der Waals surface area contributed by atoms with Crippen LogP contribution in [0.5, 0.6) is 0 Å². The van der Waals surface area contributed by atoms with Crippen LogP contribution in [0, 0.1) is 5.95 Å². The predicted molar refractivity (Wildman–Crippen MR) is 65.6 cm³/mol. The first kappa shape index (κ1) is 12.3. The Balaban J connectivity index is 2.55. The lowest BCUT2D eigenvalue weighted by atomic mass is 10.1. The van der Waals surface area contributed by atoms with E-state index in [2.05, 4.69) is 4.98 Å². The Labute approximate surface area is 108 Å². The number of aromatic nitrogens is 1. The van der Waals surface area contributed by atoms with E-state index in [1.54, 1.807) is 24.3 Å². The van der Waals surface area contributed by atoms with E-state index in [4.69, 9.17) is 28.3 Å². The second kappa shape index (κ2) is 5.00. The second-order valence-corrected chi connectivity index (χ2v) is 4.31. The van der Waals surface area contributed by atoms with Gasteiger partial charge < -0.3 is 5.11 Å². The van der Waals surface area contributed by atoms with E-state index in [1.165, 1.54) is 6.07 Å². The summed E-state index contributed by atoms with van der Waals surface area (Å²) in [6, 6.07) is 7.62. The van der Waals surface area contributed by atoms with Gasteiger partial charge in [0.05, 0.1) is 17.3 Å². The normalized spacial score (nSPS) is 10.6. The van der Waals surface area contributed by atoms with E-state index >= 15 is 0 Å². The maximum Gasteiger partial charge on any atom is 0.213 e. The average molecular weight is 272 g/mol. The summed E-state index contributed by atoms with van der Waals surface area (Å²) in [6.07, 6.45) is 0. The van der Waals surface area contributed by atoms with Crippen molar-refractivity contribution in [3.8, 4) is 11.3 Å². The van der Waals surface area contributed by atoms with Crippen LogP contribution >= 0.6 is 23.2 Å². The molecule has 1 aromatic carbocycles. The third-order valence-electron chi connectivity index (χ3n) is 2.24. The molecule has 0 saturated carbocycles. The summed E-state index contributed by atoms with van der Waals surface area (Å²) in [5.74, 6) is -0.655. The van der Waals surface area contributed by atoms with E-state index in [9.17, 15) is 4.39 Å². The molecule has 0 fully saturated rings. The Morgan fingerprint density at radius 1 is 1.18 bits per heavy atom. The molecule has 0 saturated heterocycles. The maximum atomic E-state index is 13.2. The number of nitrogens with zero attached hydrogens (tertiary/aromatic N) is 1. The highest BCUT2D eigenvalue weighted by Crippen LogP contribution is 2.29. The zero-order valence-corrected chi connectivity index (χ0v) is 10.1. The fraction of sp³-hybridized carbons (Fsp3) is 0.0833. The zero-order valence-electron chi connectivity index (χ0n) is 8.62. The fourth-order valence-electron chi connectivity index (χ4n) is 1.48. The summed E-state index contributed by atoms with van der Waals surface area (Å²) >= 11 is 11.8. The molecule has 88 valence electrons. The van der Waals surface area contributed by atoms with Gasteiger partial charge in [-0.15, -0.1) is 0 Å². The summed E-state index contributed by atoms with van der Waals surface area (Å²) in [6.45, 7) is -0.252. The molecular weight excluding hydrogens is 264 g/mol. The van der Waals surface area contributed by atoms with Gasteiger partial charge in [0.2, 0.25) is 5.95 Å². The minimum atomic E-state index is -0.655. The van der Waals surface area contributed by atoms with Gasteiger partial charge in [-0.3, -0.25) is 0 Å². The molecule has 2 rings (SSSR count). The van der Waals surface area contributed by atoms with Crippen molar-refractivity contribution >= 4 is 23.2 Å². The van der Waals surface area contributed by atoms with Crippen molar-refractivity contribution < 1.29 is 9.50 Å². The molecule has 0 unspecified atom stereocenters. The lowest BCUT2D eigenvalue weighted by Crippen LogP contribution is -1.93. The fourth-order valence-corrected chi connectivity index (χ4v) is 1.98. The number of halogens is 3. The third kappa shape index (κ3) is 2.75. The summed E-state index contributed by atoms with van der Waals surface area (Å²) < 4.78 is 13.2. The number of rotatable bonds is 2. The number of aliphatic hydroxyl groups excluding tert-OH is 1. The quantitative estimate of drug-likeness (QED) is 0.846. The standard InChI is InChI=1S/C12H8Cl2FNO/c13-8-1-2-9(10(14)5-8)11-3-7(6-17)4-12(15)16-11/h1-5,17H,6H2. The first-order valence-electron chi connectivity index (χ1n) is 4.83. The molecule has 0 aliphatic heterocycles. The summed E-state index contributed by atoms with van der Waals surface area (Å²) in [7, 11) is 0. The number of benzene rings is 1. The molecule has 17 heavy (non-hydrogen) atoms. The van der Waals surface area contributed by atoms with Crippen LogP contribution in [-0.4, -0.2) is 10.1 Å². The second-order valence-electron chi connectivity index (χ2n) is 3.47. The highest BCUT2D eigenvalue weighted by Gasteiger charge is 2.08. The van der Waals surface area contributed by atoms with Crippen LogP contribution in [-0.2, 0) is 6.61 Å². The zero-order chi connectivity index (χ0) is 12.4. The van der Waals surface area contributed by atoms with Gasteiger partial charge in [0, 0.05) is 10.6 Å². The largest absolute Gasteiger partial charge is 0.392 e. The van der Waals surface area contributed by atoms with E-state index < -0.39 is 5.95 Å². The van der Waals surface area contributed by atoms with Crippen LogP contribution in [0.1, 0.15) is 5.56 Å². The minimum Gasteiger partial charge on any atom is -0.392 e. The summed E-state index contributed by atoms with van der Waals surface area (Å²) in [5, 5.41) is 9.88.